The van der Waals surface area contributed by atoms with Gasteiger partial charge in [-0.15, -0.1) is 0 Å². The van der Waals surface area contributed by atoms with Gasteiger partial charge in [-0.3, -0.25) is 0 Å². The third-order valence-electron chi connectivity index (χ3n) is 1.97. The predicted molar refractivity (Wildman–Crippen MR) is 56.0 cm³/mol. The zero-order valence-electron chi connectivity index (χ0n) is 8.47. The maximum atomic E-state index is 10.5. The minimum absolute atomic E-state index is 0.109. The Morgan fingerprint density at radius 2 is 2.33 bits per heavy atom. The van der Waals surface area contributed by atoms with E-state index < -0.39 is 5.97 Å². The van der Waals surface area contributed by atoms with Crippen LogP contribution in [0.3, 0.4) is 0 Å². The SMILES string of the molecule is CC(CCO)Nc1ccc(C(=O)O)cn1. The first-order valence-electron chi connectivity index (χ1n) is 4.70. The molecule has 3 N–H and O–H groups in total. The highest BCUT2D eigenvalue weighted by atomic mass is 16.4. The van der Waals surface area contributed by atoms with Crippen molar-refractivity contribution in [2.45, 2.75) is 19.4 Å². The van der Waals surface area contributed by atoms with Gasteiger partial charge in [0.25, 0.3) is 0 Å². The minimum atomic E-state index is -0.988. The number of aliphatic hydroxyl groups excluding tert-OH is 1. The number of carboxylic acid groups (broad SMARTS) is 1. The van der Waals surface area contributed by atoms with E-state index in [1.54, 1.807) is 6.07 Å². The first-order valence-corrected chi connectivity index (χ1v) is 4.70. The Hall–Kier alpha value is -1.62. The van der Waals surface area contributed by atoms with Crippen LogP contribution < -0.4 is 5.32 Å². The Labute approximate surface area is 87.8 Å². The van der Waals surface area contributed by atoms with Gasteiger partial charge < -0.3 is 15.5 Å². The average molecular weight is 210 g/mol. The van der Waals surface area contributed by atoms with Crippen molar-refractivity contribution in [1.82, 2.24) is 4.98 Å². The zero-order valence-corrected chi connectivity index (χ0v) is 8.47. The van der Waals surface area contributed by atoms with Crippen molar-refractivity contribution in [3.8, 4) is 0 Å². The van der Waals surface area contributed by atoms with Crippen LogP contribution in [0.15, 0.2) is 18.3 Å². The summed E-state index contributed by atoms with van der Waals surface area (Å²) in [5.74, 6) is -0.376. The standard InChI is InChI=1S/C10H14N2O3/c1-7(4-5-13)12-9-3-2-8(6-11-9)10(14)15/h2-3,6-7,13H,4-5H2,1H3,(H,11,12)(H,14,15). The van der Waals surface area contributed by atoms with Crippen molar-refractivity contribution in [2.24, 2.45) is 0 Å². The van der Waals surface area contributed by atoms with Gasteiger partial charge >= 0.3 is 5.97 Å². The Balaban J connectivity index is 2.60. The van der Waals surface area contributed by atoms with Crippen LogP contribution in [-0.4, -0.2) is 33.8 Å². The molecule has 1 aromatic heterocycles. The maximum Gasteiger partial charge on any atom is 0.337 e. The summed E-state index contributed by atoms with van der Waals surface area (Å²) in [6.45, 7) is 2.03. The second-order valence-corrected chi connectivity index (χ2v) is 3.29. The summed E-state index contributed by atoms with van der Waals surface area (Å²) in [6.07, 6.45) is 1.93. The van der Waals surface area contributed by atoms with Gasteiger partial charge in [-0.25, -0.2) is 9.78 Å². The van der Waals surface area contributed by atoms with Crippen LogP contribution in [0.5, 0.6) is 0 Å². The van der Waals surface area contributed by atoms with Gasteiger partial charge in [0.2, 0.25) is 0 Å². The Morgan fingerprint density at radius 3 is 2.80 bits per heavy atom. The van der Waals surface area contributed by atoms with Gasteiger partial charge in [0, 0.05) is 18.8 Å². The summed E-state index contributed by atoms with van der Waals surface area (Å²) in [7, 11) is 0. The number of aliphatic hydroxyl groups is 1. The molecule has 0 aliphatic carbocycles. The fourth-order valence-corrected chi connectivity index (χ4v) is 1.12. The molecule has 1 rings (SSSR count). The molecule has 5 heteroatoms. The number of pyridine rings is 1. The molecule has 0 aliphatic rings. The van der Waals surface area contributed by atoms with Crippen LogP contribution in [0.4, 0.5) is 5.82 Å². The summed E-state index contributed by atoms with van der Waals surface area (Å²) in [4.78, 5) is 14.5. The smallest absolute Gasteiger partial charge is 0.337 e. The third-order valence-corrected chi connectivity index (χ3v) is 1.97. The van der Waals surface area contributed by atoms with Crippen molar-refractivity contribution in [1.29, 1.82) is 0 Å². The van der Waals surface area contributed by atoms with Crippen LogP contribution in [0.25, 0.3) is 0 Å². The van der Waals surface area contributed by atoms with E-state index >= 15 is 0 Å². The molecular weight excluding hydrogens is 196 g/mol. The number of anilines is 1. The van der Waals surface area contributed by atoms with Crippen molar-refractivity contribution in [3.05, 3.63) is 23.9 Å². The Morgan fingerprint density at radius 1 is 1.60 bits per heavy atom. The molecule has 0 aliphatic heterocycles. The number of nitrogens with one attached hydrogen (secondary N) is 1. The summed E-state index contributed by atoms with van der Waals surface area (Å²) < 4.78 is 0. The lowest BCUT2D eigenvalue weighted by Gasteiger charge is -2.12. The second-order valence-electron chi connectivity index (χ2n) is 3.29. The molecule has 0 fully saturated rings. The normalized spacial score (nSPS) is 12.1. The molecule has 0 spiro atoms. The van der Waals surface area contributed by atoms with Crippen LogP contribution in [-0.2, 0) is 0 Å². The van der Waals surface area contributed by atoms with Crippen LogP contribution >= 0.6 is 0 Å². The van der Waals surface area contributed by atoms with E-state index in [1.165, 1.54) is 12.3 Å². The largest absolute Gasteiger partial charge is 0.478 e. The highest BCUT2D eigenvalue weighted by Crippen LogP contribution is 2.07. The lowest BCUT2D eigenvalue weighted by molar-refractivity contribution is 0.0696. The maximum absolute atomic E-state index is 10.5. The molecule has 15 heavy (non-hydrogen) atoms. The second kappa shape index (κ2) is 5.31. The number of aromatic nitrogens is 1. The van der Waals surface area contributed by atoms with Crippen LogP contribution in [0.1, 0.15) is 23.7 Å². The molecular formula is C10H14N2O3. The number of hydrogen-bond acceptors (Lipinski definition) is 4. The molecule has 0 saturated carbocycles. The molecule has 1 unspecified atom stereocenters. The number of carbonyl (C=O) groups is 1. The van der Waals surface area contributed by atoms with Crippen molar-refractivity contribution >= 4 is 11.8 Å². The highest BCUT2D eigenvalue weighted by molar-refractivity contribution is 5.87. The summed E-state index contributed by atoms with van der Waals surface area (Å²) in [5, 5.41) is 20.4. The average Bonchev–Trinajstić information content (AvgIpc) is 2.18. The highest BCUT2D eigenvalue weighted by Gasteiger charge is 2.04. The van der Waals surface area contributed by atoms with Gasteiger partial charge in [0.15, 0.2) is 0 Å². The van der Waals surface area contributed by atoms with Crippen LogP contribution in [0, 0.1) is 0 Å². The number of carboxylic acids is 1. The molecule has 0 bridgehead atoms. The molecule has 0 amide bonds. The van der Waals surface area contributed by atoms with E-state index in [0.717, 1.165) is 0 Å². The number of aromatic carboxylic acids is 1. The van der Waals surface area contributed by atoms with Crippen molar-refractivity contribution in [2.75, 3.05) is 11.9 Å². The predicted octanol–water partition coefficient (Wildman–Crippen LogP) is 0.963. The van der Waals surface area contributed by atoms with E-state index in [-0.39, 0.29) is 18.2 Å². The fourth-order valence-electron chi connectivity index (χ4n) is 1.12. The van der Waals surface area contributed by atoms with E-state index in [4.69, 9.17) is 10.2 Å². The number of rotatable bonds is 5. The number of hydrogen-bond donors (Lipinski definition) is 3. The van der Waals surface area contributed by atoms with Gasteiger partial charge in [-0.2, -0.15) is 0 Å². The molecule has 1 heterocycles. The van der Waals surface area contributed by atoms with Crippen molar-refractivity contribution in [3.63, 3.8) is 0 Å². The van der Waals surface area contributed by atoms with Gasteiger partial charge in [0.05, 0.1) is 5.56 Å². The van der Waals surface area contributed by atoms with Gasteiger partial charge in [-0.05, 0) is 25.5 Å². The molecule has 0 aromatic carbocycles. The lowest BCUT2D eigenvalue weighted by atomic mass is 10.2. The Kier molecular flexibility index (Phi) is 4.05. The molecule has 1 atom stereocenters. The van der Waals surface area contributed by atoms with E-state index in [2.05, 4.69) is 10.3 Å². The van der Waals surface area contributed by atoms with E-state index in [0.29, 0.717) is 12.2 Å². The Bertz CT molecular complexity index is 324. The minimum Gasteiger partial charge on any atom is -0.478 e. The lowest BCUT2D eigenvalue weighted by Crippen LogP contribution is -2.17. The van der Waals surface area contributed by atoms with Gasteiger partial charge in [0.1, 0.15) is 5.82 Å². The number of nitrogens with zero attached hydrogens (tertiary/aromatic N) is 1. The molecule has 1 aromatic rings. The topological polar surface area (TPSA) is 82.5 Å². The van der Waals surface area contributed by atoms with Crippen molar-refractivity contribution < 1.29 is 15.0 Å². The summed E-state index contributed by atoms with van der Waals surface area (Å²) in [6, 6.07) is 3.21. The molecule has 0 radical (unpaired) electrons. The monoisotopic (exact) mass is 210 g/mol. The summed E-state index contributed by atoms with van der Waals surface area (Å²) >= 11 is 0. The first-order chi connectivity index (χ1) is 7.13. The quantitative estimate of drug-likeness (QED) is 0.674. The van der Waals surface area contributed by atoms with Gasteiger partial charge in [-0.1, -0.05) is 0 Å². The molecule has 5 nitrogen and oxygen atoms in total. The molecule has 0 saturated heterocycles. The molecule has 82 valence electrons. The van der Waals surface area contributed by atoms with E-state index in [1.807, 2.05) is 6.92 Å². The first kappa shape index (κ1) is 11.5. The van der Waals surface area contributed by atoms with E-state index in [9.17, 15) is 4.79 Å². The fraction of sp³-hybridized carbons (Fsp3) is 0.400. The van der Waals surface area contributed by atoms with Crippen LogP contribution in [0.2, 0.25) is 0 Å². The zero-order chi connectivity index (χ0) is 11.3. The summed E-state index contributed by atoms with van der Waals surface area (Å²) in [5.41, 5.74) is 0.162. The third kappa shape index (κ3) is 3.55.